The van der Waals surface area contributed by atoms with Crippen LogP contribution in [0, 0.1) is 0 Å². The second-order valence-corrected chi connectivity index (χ2v) is 7.21. The highest BCUT2D eigenvalue weighted by Gasteiger charge is 2.16. The van der Waals surface area contributed by atoms with Crippen LogP contribution >= 0.6 is 59.1 Å². The van der Waals surface area contributed by atoms with Crippen LogP contribution in [0.15, 0.2) is 32.7 Å². The first-order valence-electron chi connectivity index (χ1n) is 5.85. The SMILES string of the molecule is COc1cc(Br)c(Oc2nc3sccn3c2CBr)cc1Br. The van der Waals surface area contributed by atoms with E-state index in [0.29, 0.717) is 17.0 Å². The van der Waals surface area contributed by atoms with E-state index in [1.54, 1.807) is 18.4 Å². The normalized spacial score (nSPS) is 11.0. The Morgan fingerprint density at radius 3 is 2.67 bits per heavy atom. The van der Waals surface area contributed by atoms with E-state index in [1.807, 2.05) is 28.1 Å². The van der Waals surface area contributed by atoms with E-state index in [4.69, 9.17) is 9.47 Å². The monoisotopic (exact) mass is 494 g/mol. The van der Waals surface area contributed by atoms with E-state index < -0.39 is 0 Å². The maximum absolute atomic E-state index is 5.97. The van der Waals surface area contributed by atoms with Crippen LogP contribution in [0.4, 0.5) is 0 Å². The average molecular weight is 497 g/mol. The Morgan fingerprint density at radius 2 is 1.95 bits per heavy atom. The third-order valence-electron chi connectivity index (χ3n) is 2.86. The van der Waals surface area contributed by atoms with Gasteiger partial charge in [-0.2, -0.15) is 4.98 Å². The number of methoxy groups -OCH3 is 1. The molecule has 0 bridgehead atoms. The van der Waals surface area contributed by atoms with E-state index in [9.17, 15) is 0 Å². The molecule has 0 radical (unpaired) electrons. The van der Waals surface area contributed by atoms with Crippen molar-refractivity contribution in [3.05, 3.63) is 38.3 Å². The Balaban J connectivity index is 2.02. The predicted molar refractivity (Wildman–Crippen MR) is 94.2 cm³/mol. The van der Waals surface area contributed by atoms with Gasteiger partial charge in [-0.1, -0.05) is 15.9 Å². The molecule has 0 saturated carbocycles. The van der Waals surface area contributed by atoms with Crippen LogP contribution in [0.1, 0.15) is 5.69 Å². The lowest BCUT2D eigenvalue weighted by Gasteiger charge is -2.10. The Hall–Kier alpha value is -0.570. The molecular weight excluding hydrogens is 488 g/mol. The summed E-state index contributed by atoms with van der Waals surface area (Å²) in [4.78, 5) is 5.42. The van der Waals surface area contributed by atoms with E-state index in [0.717, 1.165) is 25.3 Å². The van der Waals surface area contributed by atoms with E-state index >= 15 is 0 Å². The molecule has 0 N–H and O–H groups in total. The zero-order valence-electron chi connectivity index (χ0n) is 10.8. The van der Waals surface area contributed by atoms with Crippen molar-refractivity contribution in [1.82, 2.24) is 9.38 Å². The van der Waals surface area contributed by atoms with Crippen LogP contribution in [-0.4, -0.2) is 16.5 Å². The van der Waals surface area contributed by atoms with Crippen molar-refractivity contribution in [2.24, 2.45) is 0 Å². The van der Waals surface area contributed by atoms with Crippen molar-refractivity contribution in [3.63, 3.8) is 0 Å². The van der Waals surface area contributed by atoms with Gasteiger partial charge in [-0.05, 0) is 44.0 Å². The summed E-state index contributed by atoms with van der Waals surface area (Å²) in [5, 5.41) is 2.66. The Morgan fingerprint density at radius 1 is 1.24 bits per heavy atom. The molecule has 4 nitrogen and oxygen atoms in total. The minimum Gasteiger partial charge on any atom is -0.496 e. The third kappa shape index (κ3) is 2.86. The van der Waals surface area contributed by atoms with Crippen molar-refractivity contribution in [1.29, 1.82) is 0 Å². The Bertz CT molecular complexity index is 800. The van der Waals surface area contributed by atoms with Gasteiger partial charge in [0.1, 0.15) is 11.5 Å². The number of hydrogen-bond donors (Lipinski definition) is 0. The lowest BCUT2D eigenvalue weighted by molar-refractivity contribution is 0.408. The van der Waals surface area contributed by atoms with Gasteiger partial charge in [0.15, 0.2) is 4.96 Å². The van der Waals surface area contributed by atoms with Gasteiger partial charge in [-0.3, -0.25) is 4.40 Å². The zero-order valence-corrected chi connectivity index (χ0v) is 16.3. The Kier molecular flexibility index (Phi) is 4.58. The van der Waals surface area contributed by atoms with Gasteiger partial charge >= 0.3 is 0 Å². The summed E-state index contributed by atoms with van der Waals surface area (Å²) in [6.07, 6.45) is 1.98. The van der Waals surface area contributed by atoms with Crippen LogP contribution in [0.2, 0.25) is 0 Å². The molecule has 1 aromatic carbocycles. The number of hydrogen-bond acceptors (Lipinski definition) is 4. The van der Waals surface area contributed by atoms with Crippen LogP contribution in [0.3, 0.4) is 0 Å². The molecule has 0 atom stereocenters. The molecular formula is C13H9Br3N2O2S. The van der Waals surface area contributed by atoms with E-state index in [2.05, 4.69) is 52.8 Å². The number of nitrogens with zero attached hydrogens (tertiary/aromatic N) is 2. The number of halogens is 3. The highest BCUT2D eigenvalue weighted by molar-refractivity contribution is 9.11. The number of fused-ring (bicyclic) bond motifs is 1. The minimum absolute atomic E-state index is 0.594. The summed E-state index contributed by atoms with van der Waals surface area (Å²) in [5.41, 5.74) is 0.977. The molecule has 0 spiro atoms. The number of rotatable bonds is 4. The molecule has 0 amide bonds. The fourth-order valence-corrected chi connectivity index (χ4v) is 3.99. The molecule has 2 aromatic heterocycles. The lowest BCUT2D eigenvalue weighted by atomic mass is 10.3. The molecule has 0 unspecified atom stereocenters. The van der Waals surface area contributed by atoms with Crippen molar-refractivity contribution < 1.29 is 9.47 Å². The molecule has 0 aliphatic rings. The Labute approximate surface area is 150 Å². The zero-order chi connectivity index (χ0) is 15.0. The lowest BCUT2D eigenvalue weighted by Crippen LogP contribution is -1.93. The van der Waals surface area contributed by atoms with Crippen LogP contribution in [0.5, 0.6) is 17.4 Å². The maximum Gasteiger partial charge on any atom is 0.243 e. The molecule has 3 aromatic rings. The van der Waals surface area contributed by atoms with E-state index in [-0.39, 0.29) is 0 Å². The first kappa shape index (κ1) is 15.3. The first-order chi connectivity index (χ1) is 10.1. The van der Waals surface area contributed by atoms with Gasteiger partial charge in [0.2, 0.25) is 5.88 Å². The summed E-state index contributed by atoms with van der Waals surface area (Å²) >= 11 is 12.0. The number of aromatic nitrogens is 2. The number of benzene rings is 1. The van der Waals surface area contributed by atoms with Crippen molar-refractivity contribution in [2.75, 3.05) is 7.11 Å². The first-order valence-corrected chi connectivity index (χ1v) is 9.44. The van der Waals surface area contributed by atoms with Gasteiger partial charge in [0.05, 0.1) is 21.7 Å². The molecule has 0 saturated heterocycles. The van der Waals surface area contributed by atoms with Gasteiger partial charge in [-0.25, -0.2) is 0 Å². The minimum atomic E-state index is 0.594. The largest absolute Gasteiger partial charge is 0.496 e. The fourth-order valence-electron chi connectivity index (χ4n) is 1.87. The quantitative estimate of drug-likeness (QED) is 0.440. The highest BCUT2D eigenvalue weighted by Crippen LogP contribution is 2.39. The summed E-state index contributed by atoms with van der Waals surface area (Å²) < 4.78 is 14.9. The topological polar surface area (TPSA) is 35.8 Å². The van der Waals surface area contributed by atoms with E-state index in [1.165, 1.54) is 0 Å². The number of thiazole rings is 1. The number of ether oxygens (including phenoxy) is 2. The van der Waals surface area contributed by atoms with Crippen molar-refractivity contribution in [2.45, 2.75) is 5.33 Å². The van der Waals surface area contributed by atoms with Crippen LogP contribution in [0.25, 0.3) is 4.96 Å². The van der Waals surface area contributed by atoms with Crippen LogP contribution in [-0.2, 0) is 5.33 Å². The third-order valence-corrected chi connectivity index (χ3v) is 5.39. The maximum atomic E-state index is 5.97. The fraction of sp³-hybridized carbons (Fsp3) is 0.154. The average Bonchev–Trinajstić information content (AvgIpc) is 3.02. The standard InChI is InChI=1S/C13H9Br3N2O2S/c1-19-10-4-8(16)11(5-7(10)15)20-12-9(6-14)18-2-3-21-13(18)17-12/h2-5H,6H2,1H3. The highest BCUT2D eigenvalue weighted by atomic mass is 79.9. The second-order valence-electron chi connectivity index (χ2n) is 4.07. The predicted octanol–water partition coefficient (Wildman–Crippen LogP) is 5.62. The summed E-state index contributed by atoms with van der Waals surface area (Å²) in [6, 6.07) is 3.71. The van der Waals surface area contributed by atoms with Gasteiger partial charge < -0.3 is 9.47 Å². The van der Waals surface area contributed by atoms with Gasteiger partial charge in [0.25, 0.3) is 0 Å². The smallest absolute Gasteiger partial charge is 0.243 e. The summed E-state index contributed by atoms with van der Waals surface area (Å²) in [7, 11) is 1.62. The number of imidazole rings is 1. The molecule has 0 aliphatic carbocycles. The molecule has 0 aliphatic heterocycles. The molecule has 3 rings (SSSR count). The molecule has 110 valence electrons. The second kappa shape index (κ2) is 6.28. The molecule has 2 heterocycles. The van der Waals surface area contributed by atoms with Crippen molar-refractivity contribution >= 4 is 64.1 Å². The number of alkyl halides is 1. The van der Waals surface area contributed by atoms with Gasteiger partial charge in [-0.15, -0.1) is 11.3 Å². The molecule has 8 heteroatoms. The van der Waals surface area contributed by atoms with Crippen molar-refractivity contribution in [3.8, 4) is 17.4 Å². The summed E-state index contributed by atoms with van der Waals surface area (Å²) in [5.74, 6) is 2.01. The molecule has 21 heavy (non-hydrogen) atoms. The van der Waals surface area contributed by atoms with Crippen LogP contribution < -0.4 is 9.47 Å². The summed E-state index contributed by atoms with van der Waals surface area (Å²) in [6.45, 7) is 0. The molecule has 0 fully saturated rings. The van der Waals surface area contributed by atoms with Gasteiger partial charge in [0, 0.05) is 16.9 Å².